The van der Waals surface area contributed by atoms with Crippen molar-refractivity contribution in [1.29, 1.82) is 0 Å². The summed E-state index contributed by atoms with van der Waals surface area (Å²) < 4.78 is 0. The van der Waals surface area contributed by atoms with Crippen LogP contribution in [0.2, 0.25) is 0 Å². The van der Waals surface area contributed by atoms with E-state index in [1.165, 1.54) is 24.0 Å². The molecule has 108 valence electrons. The Morgan fingerprint density at radius 3 is 2.71 bits per heavy atom. The second kappa shape index (κ2) is 5.72. The Bertz CT molecular complexity index is 688. The second-order valence-electron chi connectivity index (χ2n) is 5.92. The quantitative estimate of drug-likeness (QED) is 0.865. The van der Waals surface area contributed by atoms with E-state index in [-0.39, 0.29) is 5.91 Å². The Hall–Kier alpha value is -2.09. The van der Waals surface area contributed by atoms with Gasteiger partial charge in [-0.1, -0.05) is 29.8 Å². The Kier molecular flexibility index (Phi) is 3.78. The van der Waals surface area contributed by atoms with E-state index in [4.69, 9.17) is 0 Å². The van der Waals surface area contributed by atoms with Crippen LogP contribution in [0.5, 0.6) is 0 Å². The maximum Gasteiger partial charge on any atom is 0.255 e. The molecule has 0 radical (unpaired) electrons. The molecule has 0 saturated carbocycles. The highest BCUT2D eigenvalue weighted by atomic mass is 16.1. The topological polar surface area (TPSA) is 29.1 Å². The summed E-state index contributed by atoms with van der Waals surface area (Å²) in [5.41, 5.74) is 6.59. The minimum absolute atomic E-state index is 0.00447. The average Bonchev–Trinajstić information content (AvgIpc) is 2.50. The fourth-order valence-corrected chi connectivity index (χ4v) is 3.07. The van der Waals surface area contributed by atoms with Gasteiger partial charge in [0.15, 0.2) is 0 Å². The summed E-state index contributed by atoms with van der Waals surface area (Å²) in [5, 5.41) is 3.12. The second-order valence-corrected chi connectivity index (χ2v) is 5.92. The number of amides is 1. The SMILES string of the molecule is Cc1ccc(C)c(C(=O)Nc2cccc3c2CCCC3)c1. The number of anilines is 1. The van der Waals surface area contributed by atoms with Crippen molar-refractivity contribution in [3.05, 3.63) is 64.2 Å². The van der Waals surface area contributed by atoms with E-state index in [9.17, 15) is 4.79 Å². The fourth-order valence-electron chi connectivity index (χ4n) is 3.07. The lowest BCUT2D eigenvalue weighted by Crippen LogP contribution is -2.16. The highest BCUT2D eigenvalue weighted by molar-refractivity contribution is 6.05. The van der Waals surface area contributed by atoms with E-state index >= 15 is 0 Å². The number of rotatable bonds is 2. The molecule has 1 N–H and O–H groups in total. The first-order chi connectivity index (χ1) is 10.1. The Morgan fingerprint density at radius 1 is 1.05 bits per heavy atom. The zero-order valence-electron chi connectivity index (χ0n) is 12.7. The van der Waals surface area contributed by atoms with Crippen LogP contribution in [0.15, 0.2) is 36.4 Å². The van der Waals surface area contributed by atoms with E-state index in [0.717, 1.165) is 35.2 Å². The van der Waals surface area contributed by atoms with Crippen molar-refractivity contribution in [2.75, 3.05) is 5.32 Å². The van der Waals surface area contributed by atoms with Gasteiger partial charge in [0, 0.05) is 11.3 Å². The van der Waals surface area contributed by atoms with Gasteiger partial charge in [0.2, 0.25) is 0 Å². The van der Waals surface area contributed by atoms with Gasteiger partial charge in [-0.05, 0) is 68.4 Å². The maximum atomic E-state index is 12.6. The highest BCUT2D eigenvalue weighted by Gasteiger charge is 2.16. The van der Waals surface area contributed by atoms with E-state index in [1.807, 2.05) is 44.2 Å². The van der Waals surface area contributed by atoms with Crippen molar-refractivity contribution in [3.63, 3.8) is 0 Å². The number of hydrogen-bond donors (Lipinski definition) is 1. The number of carbonyl (C=O) groups is 1. The van der Waals surface area contributed by atoms with E-state index in [1.54, 1.807) is 0 Å². The average molecular weight is 279 g/mol. The minimum atomic E-state index is -0.00447. The molecular formula is C19H21NO. The van der Waals surface area contributed by atoms with Crippen molar-refractivity contribution in [3.8, 4) is 0 Å². The molecule has 1 aliphatic rings. The first-order valence-electron chi connectivity index (χ1n) is 7.64. The zero-order chi connectivity index (χ0) is 14.8. The summed E-state index contributed by atoms with van der Waals surface area (Å²) >= 11 is 0. The smallest absolute Gasteiger partial charge is 0.255 e. The van der Waals surface area contributed by atoms with Gasteiger partial charge in [-0.2, -0.15) is 0 Å². The summed E-state index contributed by atoms with van der Waals surface area (Å²) in [5.74, 6) is -0.00447. The number of nitrogens with one attached hydrogen (secondary N) is 1. The molecule has 0 spiro atoms. The van der Waals surface area contributed by atoms with Crippen LogP contribution in [-0.4, -0.2) is 5.91 Å². The van der Waals surface area contributed by atoms with Crippen LogP contribution in [0.4, 0.5) is 5.69 Å². The number of aryl methyl sites for hydroxylation is 3. The molecule has 2 aromatic carbocycles. The molecule has 2 heteroatoms. The maximum absolute atomic E-state index is 12.6. The van der Waals surface area contributed by atoms with Gasteiger partial charge in [0.05, 0.1) is 0 Å². The molecule has 0 aliphatic heterocycles. The number of fused-ring (bicyclic) bond motifs is 1. The van der Waals surface area contributed by atoms with Crippen LogP contribution >= 0.6 is 0 Å². The van der Waals surface area contributed by atoms with Gasteiger partial charge >= 0.3 is 0 Å². The molecule has 21 heavy (non-hydrogen) atoms. The number of hydrogen-bond acceptors (Lipinski definition) is 1. The fraction of sp³-hybridized carbons (Fsp3) is 0.316. The van der Waals surface area contributed by atoms with Crippen molar-refractivity contribution < 1.29 is 4.79 Å². The molecule has 0 bridgehead atoms. The predicted molar refractivity (Wildman–Crippen MR) is 87.0 cm³/mol. The Morgan fingerprint density at radius 2 is 1.86 bits per heavy atom. The largest absolute Gasteiger partial charge is 0.322 e. The molecule has 0 fully saturated rings. The molecule has 0 heterocycles. The molecular weight excluding hydrogens is 258 g/mol. The zero-order valence-corrected chi connectivity index (χ0v) is 12.7. The van der Waals surface area contributed by atoms with E-state index in [2.05, 4.69) is 11.4 Å². The lowest BCUT2D eigenvalue weighted by atomic mass is 9.90. The molecule has 2 nitrogen and oxygen atoms in total. The number of benzene rings is 2. The third kappa shape index (κ3) is 2.85. The van der Waals surface area contributed by atoms with Crippen LogP contribution in [-0.2, 0) is 12.8 Å². The van der Waals surface area contributed by atoms with E-state index in [0.29, 0.717) is 0 Å². The predicted octanol–water partition coefficient (Wildman–Crippen LogP) is 4.43. The third-order valence-electron chi connectivity index (χ3n) is 4.28. The van der Waals surface area contributed by atoms with Crippen LogP contribution in [0, 0.1) is 13.8 Å². The van der Waals surface area contributed by atoms with Gasteiger partial charge in [-0.15, -0.1) is 0 Å². The molecule has 1 amide bonds. The van der Waals surface area contributed by atoms with Gasteiger partial charge in [-0.25, -0.2) is 0 Å². The molecule has 3 rings (SSSR count). The lowest BCUT2D eigenvalue weighted by molar-refractivity contribution is 0.102. The van der Waals surface area contributed by atoms with Crippen LogP contribution in [0.25, 0.3) is 0 Å². The summed E-state index contributed by atoms with van der Waals surface area (Å²) in [6.07, 6.45) is 4.66. The molecule has 1 aliphatic carbocycles. The lowest BCUT2D eigenvalue weighted by Gasteiger charge is -2.20. The first-order valence-corrected chi connectivity index (χ1v) is 7.64. The standard InChI is InChI=1S/C19H21NO/c1-13-10-11-14(2)17(12-13)19(21)20-18-9-5-7-15-6-3-4-8-16(15)18/h5,7,9-12H,3-4,6,8H2,1-2H3,(H,20,21). The molecule has 0 atom stereocenters. The van der Waals surface area contributed by atoms with Crippen molar-refractivity contribution >= 4 is 11.6 Å². The normalized spacial score (nSPS) is 13.6. The van der Waals surface area contributed by atoms with Crippen molar-refractivity contribution in [2.45, 2.75) is 39.5 Å². The van der Waals surface area contributed by atoms with Crippen molar-refractivity contribution in [2.24, 2.45) is 0 Å². The third-order valence-corrected chi connectivity index (χ3v) is 4.28. The van der Waals surface area contributed by atoms with Crippen LogP contribution in [0.3, 0.4) is 0 Å². The van der Waals surface area contributed by atoms with Gasteiger partial charge < -0.3 is 5.32 Å². The summed E-state index contributed by atoms with van der Waals surface area (Å²) in [6, 6.07) is 12.2. The summed E-state index contributed by atoms with van der Waals surface area (Å²) in [6.45, 7) is 4.00. The Balaban J connectivity index is 1.90. The van der Waals surface area contributed by atoms with Gasteiger partial charge in [-0.3, -0.25) is 4.79 Å². The molecule has 0 unspecified atom stereocenters. The molecule has 0 saturated heterocycles. The molecule has 0 aromatic heterocycles. The highest BCUT2D eigenvalue weighted by Crippen LogP contribution is 2.28. The van der Waals surface area contributed by atoms with Gasteiger partial charge in [0.25, 0.3) is 5.91 Å². The van der Waals surface area contributed by atoms with Crippen LogP contribution < -0.4 is 5.32 Å². The summed E-state index contributed by atoms with van der Waals surface area (Å²) in [7, 11) is 0. The number of carbonyl (C=O) groups excluding carboxylic acids is 1. The van der Waals surface area contributed by atoms with Gasteiger partial charge in [0.1, 0.15) is 0 Å². The monoisotopic (exact) mass is 279 g/mol. The first kappa shape index (κ1) is 13.9. The summed E-state index contributed by atoms with van der Waals surface area (Å²) in [4.78, 5) is 12.6. The van der Waals surface area contributed by atoms with E-state index < -0.39 is 0 Å². The minimum Gasteiger partial charge on any atom is -0.322 e. The molecule has 2 aromatic rings. The van der Waals surface area contributed by atoms with Crippen molar-refractivity contribution in [1.82, 2.24) is 0 Å². The van der Waals surface area contributed by atoms with Crippen LogP contribution in [0.1, 0.15) is 45.5 Å². The Labute approximate surface area is 126 Å².